The van der Waals surface area contributed by atoms with Crippen molar-refractivity contribution >= 4 is 23.5 Å². The monoisotopic (exact) mass is 349 g/mol. The zero-order chi connectivity index (χ0) is 17.5. The van der Waals surface area contributed by atoms with Gasteiger partial charge in [0.15, 0.2) is 0 Å². The van der Waals surface area contributed by atoms with Gasteiger partial charge < -0.3 is 10.6 Å². The predicted molar refractivity (Wildman–Crippen MR) is 104 cm³/mol. The Morgan fingerprint density at radius 3 is 2.67 bits per heavy atom. The van der Waals surface area contributed by atoms with E-state index >= 15 is 0 Å². The highest BCUT2D eigenvalue weighted by atomic mass is 32.2. The van der Waals surface area contributed by atoms with Crippen molar-refractivity contribution in [2.75, 3.05) is 13.1 Å². The number of allylic oxidation sites excluding steroid dienone is 1. The van der Waals surface area contributed by atoms with E-state index in [9.17, 15) is 4.79 Å². The average Bonchev–Trinajstić information content (AvgIpc) is 2.74. The maximum absolute atomic E-state index is 12.9. The molecule has 2 aliphatic heterocycles. The summed E-state index contributed by atoms with van der Waals surface area (Å²) in [6.45, 7) is 7.77. The molecule has 0 aromatic rings. The van der Waals surface area contributed by atoms with Crippen molar-refractivity contribution in [3.05, 3.63) is 21.6 Å². The molecule has 0 saturated carbocycles. The molecule has 24 heavy (non-hydrogen) atoms. The van der Waals surface area contributed by atoms with Gasteiger partial charge in [0.2, 0.25) is 5.91 Å². The standard InChI is InChI=1S/C19H31N3OS/c1-4-7-16(8-5-2)19(23)22-12-11-15-9-6-10-18(21-14(3)20)24-17(15)13-22/h10,16H,4-9,11-13H2,1-3H3,(H2,20,21). The first-order valence-electron chi connectivity index (χ1n) is 9.23. The molecule has 134 valence electrons. The van der Waals surface area contributed by atoms with Crippen molar-refractivity contribution in [3.8, 4) is 0 Å². The summed E-state index contributed by atoms with van der Waals surface area (Å²) in [7, 11) is 0. The third-order valence-electron chi connectivity index (χ3n) is 4.63. The molecule has 0 spiro atoms. The van der Waals surface area contributed by atoms with Gasteiger partial charge in [0.05, 0.1) is 17.4 Å². The minimum absolute atomic E-state index is 0.192. The van der Waals surface area contributed by atoms with E-state index in [4.69, 9.17) is 5.73 Å². The number of thioether (sulfide) groups is 1. The minimum atomic E-state index is 0.192. The largest absolute Gasteiger partial charge is 0.387 e. The number of nitrogens with zero attached hydrogens (tertiary/aromatic N) is 2. The molecule has 4 nitrogen and oxygen atoms in total. The summed E-state index contributed by atoms with van der Waals surface area (Å²) in [4.78, 5) is 20.8. The molecule has 0 aromatic carbocycles. The van der Waals surface area contributed by atoms with Crippen LogP contribution in [-0.4, -0.2) is 29.7 Å². The molecular weight excluding hydrogens is 318 g/mol. The van der Waals surface area contributed by atoms with Crippen LogP contribution in [0, 0.1) is 5.92 Å². The molecule has 0 radical (unpaired) electrons. The highest BCUT2D eigenvalue weighted by Gasteiger charge is 2.28. The van der Waals surface area contributed by atoms with Gasteiger partial charge in [-0.2, -0.15) is 0 Å². The van der Waals surface area contributed by atoms with Crippen molar-refractivity contribution in [2.24, 2.45) is 16.6 Å². The molecule has 2 rings (SSSR count). The fourth-order valence-electron chi connectivity index (χ4n) is 3.46. The Morgan fingerprint density at radius 1 is 1.33 bits per heavy atom. The van der Waals surface area contributed by atoms with Gasteiger partial charge in [-0.1, -0.05) is 50.1 Å². The van der Waals surface area contributed by atoms with Crippen LogP contribution >= 0.6 is 11.8 Å². The Hall–Kier alpha value is -1.23. The Bertz CT molecular complexity index is 541. The molecule has 2 heterocycles. The second kappa shape index (κ2) is 9.30. The van der Waals surface area contributed by atoms with E-state index in [1.54, 1.807) is 11.8 Å². The zero-order valence-electron chi connectivity index (χ0n) is 15.3. The lowest BCUT2D eigenvalue weighted by Crippen LogP contribution is -2.40. The number of aliphatic imine (C=N–C) groups is 1. The van der Waals surface area contributed by atoms with E-state index in [-0.39, 0.29) is 5.92 Å². The molecular formula is C19H31N3OS. The van der Waals surface area contributed by atoms with Crippen molar-refractivity contribution in [2.45, 2.75) is 65.7 Å². The van der Waals surface area contributed by atoms with Gasteiger partial charge in [-0.25, -0.2) is 4.99 Å². The Labute approximate surface area is 150 Å². The lowest BCUT2D eigenvalue weighted by Gasteiger charge is -2.33. The van der Waals surface area contributed by atoms with Gasteiger partial charge in [0.25, 0.3) is 0 Å². The fourth-order valence-corrected chi connectivity index (χ4v) is 4.67. The Balaban J connectivity index is 2.08. The maximum atomic E-state index is 12.9. The van der Waals surface area contributed by atoms with Gasteiger partial charge >= 0.3 is 0 Å². The van der Waals surface area contributed by atoms with E-state index in [1.165, 1.54) is 10.5 Å². The number of rotatable bonds is 6. The van der Waals surface area contributed by atoms with E-state index < -0.39 is 0 Å². The summed E-state index contributed by atoms with van der Waals surface area (Å²) >= 11 is 1.70. The quantitative estimate of drug-likeness (QED) is 0.570. The van der Waals surface area contributed by atoms with E-state index in [1.807, 2.05) is 6.92 Å². The molecule has 0 aromatic heterocycles. The third-order valence-corrected chi connectivity index (χ3v) is 5.76. The molecule has 5 heteroatoms. The van der Waals surface area contributed by atoms with Crippen LogP contribution in [-0.2, 0) is 4.79 Å². The van der Waals surface area contributed by atoms with Crippen LogP contribution < -0.4 is 5.73 Å². The number of hydrogen-bond acceptors (Lipinski definition) is 3. The molecule has 1 amide bonds. The normalized spacial score (nSPS) is 19.2. The summed E-state index contributed by atoms with van der Waals surface area (Å²) < 4.78 is 0. The summed E-state index contributed by atoms with van der Waals surface area (Å²) in [6.07, 6.45) is 9.43. The number of amides is 1. The van der Waals surface area contributed by atoms with Gasteiger partial charge in [0.1, 0.15) is 0 Å². The lowest BCUT2D eigenvalue weighted by molar-refractivity contribution is -0.135. The van der Waals surface area contributed by atoms with Gasteiger partial charge in [-0.3, -0.25) is 4.79 Å². The first-order chi connectivity index (χ1) is 11.5. The number of hydrogen-bond donors (Lipinski definition) is 1. The smallest absolute Gasteiger partial charge is 0.226 e. The summed E-state index contributed by atoms with van der Waals surface area (Å²) in [5.74, 6) is 1.13. The van der Waals surface area contributed by atoms with Crippen LogP contribution in [0.15, 0.2) is 26.6 Å². The van der Waals surface area contributed by atoms with Crippen LogP contribution in [0.5, 0.6) is 0 Å². The van der Waals surface area contributed by atoms with Gasteiger partial charge in [-0.05, 0) is 39.0 Å². The molecule has 0 saturated heterocycles. The maximum Gasteiger partial charge on any atom is 0.226 e. The summed E-state index contributed by atoms with van der Waals surface area (Å²) in [5, 5.41) is 0.980. The number of nitrogens with two attached hydrogens (primary N) is 1. The molecule has 2 N–H and O–H groups in total. The lowest BCUT2D eigenvalue weighted by atomic mass is 9.95. The molecule has 0 fully saturated rings. The van der Waals surface area contributed by atoms with Crippen molar-refractivity contribution in [3.63, 3.8) is 0 Å². The molecule has 0 atom stereocenters. The van der Waals surface area contributed by atoms with Crippen molar-refractivity contribution in [1.29, 1.82) is 0 Å². The molecule has 0 aliphatic carbocycles. The fraction of sp³-hybridized carbons (Fsp3) is 0.684. The predicted octanol–water partition coefficient (Wildman–Crippen LogP) is 4.43. The second-order valence-corrected chi connectivity index (χ2v) is 7.86. The Kier molecular flexibility index (Phi) is 7.40. The average molecular weight is 350 g/mol. The summed E-state index contributed by atoms with van der Waals surface area (Å²) in [5.41, 5.74) is 7.24. The van der Waals surface area contributed by atoms with Crippen LogP contribution in [0.3, 0.4) is 0 Å². The highest BCUT2D eigenvalue weighted by molar-refractivity contribution is 8.06. The number of amidine groups is 1. The SMILES string of the molecule is CCCC(CCC)C(=O)N1CCC2=C(C1)SC(/N=C(\C)N)=CCC2. The molecule has 2 aliphatic rings. The minimum Gasteiger partial charge on any atom is -0.387 e. The van der Waals surface area contributed by atoms with E-state index in [2.05, 4.69) is 29.8 Å². The third kappa shape index (κ3) is 5.13. The number of carbonyl (C=O) groups excluding carboxylic acids is 1. The first-order valence-corrected chi connectivity index (χ1v) is 10.0. The Morgan fingerprint density at radius 2 is 2.04 bits per heavy atom. The van der Waals surface area contributed by atoms with E-state index in [0.29, 0.717) is 11.7 Å². The van der Waals surface area contributed by atoms with Crippen LogP contribution in [0.4, 0.5) is 0 Å². The number of carbonyl (C=O) groups is 1. The van der Waals surface area contributed by atoms with Crippen LogP contribution in [0.2, 0.25) is 0 Å². The van der Waals surface area contributed by atoms with Crippen molar-refractivity contribution < 1.29 is 4.79 Å². The van der Waals surface area contributed by atoms with Crippen LogP contribution in [0.1, 0.15) is 65.7 Å². The molecule has 0 unspecified atom stereocenters. The van der Waals surface area contributed by atoms with Crippen LogP contribution in [0.25, 0.3) is 0 Å². The second-order valence-electron chi connectivity index (χ2n) is 6.75. The van der Waals surface area contributed by atoms with Crippen molar-refractivity contribution in [1.82, 2.24) is 4.90 Å². The zero-order valence-corrected chi connectivity index (χ0v) is 16.1. The topological polar surface area (TPSA) is 58.7 Å². The van der Waals surface area contributed by atoms with Gasteiger partial charge in [-0.15, -0.1) is 0 Å². The molecule has 0 bridgehead atoms. The highest BCUT2D eigenvalue weighted by Crippen LogP contribution is 2.38. The van der Waals surface area contributed by atoms with Gasteiger partial charge in [0, 0.05) is 17.4 Å². The first kappa shape index (κ1) is 19.1. The van der Waals surface area contributed by atoms with E-state index in [0.717, 1.165) is 63.1 Å². The summed E-state index contributed by atoms with van der Waals surface area (Å²) in [6, 6.07) is 0.